The van der Waals surface area contributed by atoms with Crippen molar-refractivity contribution in [2.45, 2.75) is 66.0 Å². The van der Waals surface area contributed by atoms with Gasteiger partial charge in [0.2, 0.25) is 0 Å². The van der Waals surface area contributed by atoms with Crippen LogP contribution in [-0.4, -0.2) is 16.3 Å². The van der Waals surface area contributed by atoms with E-state index in [1.807, 2.05) is 18.2 Å². The van der Waals surface area contributed by atoms with Crippen molar-refractivity contribution >= 4 is 7.82 Å². The molecule has 22 heavy (non-hydrogen) atoms. The predicted octanol–water partition coefficient (Wildman–Crippen LogP) is 4.43. The summed E-state index contributed by atoms with van der Waals surface area (Å²) in [4.78, 5) is 0. The molecule has 5 nitrogen and oxygen atoms in total. The first-order chi connectivity index (χ1) is 9.94. The number of hydrogen-bond acceptors (Lipinski definition) is 5. The van der Waals surface area contributed by atoms with E-state index in [4.69, 9.17) is 13.6 Å². The van der Waals surface area contributed by atoms with Gasteiger partial charge in [0.15, 0.2) is 0 Å². The van der Waals surface area contributed by atoms with E-state index in [1.165, 1.54) is 0 Å². The number of aliphatic hydroxyl groups excluding tert-OH is 1. The number of benzene rings is 1. The van der Waals surface area contributed by atoms with Crippen LogP contribution in [0.3, 0.4) is 0 Å². The second kappa shape index (κ2) is 7.24. The van der Waals surface area contributed by atoms with Crippen molar-refractivity contribution in [3.05, 3.63) is 35.4 Å². The topological polar surface area (TPSA) is 65.0 Å². The third-order valence-electron chi connectivity index (χ3n) is 2.44. The average molecular weight is 330 g/mol. The van der Waals surface area contributed by atoms with E-state index in [9.17, 15) is 9.67 Å². The molecule has 0 aliphatic heterocycles. The van der Waals surface area contributed by atoms with Crippen LogP contribution in [0.15, 0.2) is 24.3 Å². The molecule has 0 aliphatic carbocycles. The number of hydrogen-bond donors (Lipinski definition) is 1. The van der Waals surface area contributed by atoms with Gasteiger partial charge in [0.1, 0.15) is 0 Å². The van der Waals surface area contributed by atoms with Crippen LogP contribution in [0.1, 0.15) is 52.7 Å². The highest BCUT2D eigenvalue weighted by Gasteiger charge is 2.37. The van der Waals surface area contributed by atoms with E-state index in [0.717, 1.165) is 11.1 Å². The summed E-state index contributed by atoms with van der Waals surface area (Å²) < 4.78 is 29.5. The molecule has 0 aliphatic rings. The first kappa shape index (κ1) is 19.3. The van der Waals surface area contributed by atoms with E-state index in [2.05, 4.69) is 0 Å². The fourth-order valence-corrected chi connectivity index (χ4v) is 3.52. The maximum absolute atomic E-state index is 12.9. The Labute approximate surface area is 133 Å². The molecule has 6 heteroatoms. The Bertz CT molecular complexity index is 508. The van der Waals surface area contributed by atoms with Crippen molar-refractivity contribution in [3.63, 3.8) is 0 Å². The molecule has 126 valence electrons. The van der Waals surface area contributed by atoms with Gasteiger partial charge in [-0.3, -0.25) is 13.6 Å². The predicted molar refractivity (Wildman–Crippen MR) is 86.4 cm³/mol. The lowest BCUT2D eigenvalue weighted by Crippen LogP contribution is -2.24. The number of phosphoric ester groups is 1. The molecule has 1 rings (SSSR count). The Morgan fingerprint density at radius 3 is 1.82 bits per heavy atom. The first-order valence-electron chi connectivity index (χ1n) is 7.28. The van der Waals surface area contributed by atoms with E-state index in [1.54, 1.807) is 47.6 Å². The van der Waals surface area contributed by atoms with Crippen molar-refractivity contribution < 1.29 is 23.2 Å². The lowest BCUT2D eigenvalue weighted by Gasteiger charge is -2.31. The normalized spacial score (nSPS) is 13.4. The fraction of sp³-hybridized carbons (Fsp3) is 0.625. The second-order valence-electron chi connectivity index (χ2n) is 7.05. The van der Waals surface area contributed by atoms with E-state index in [0.29, 0.717) is 0 Å². The quantitative estimate of drug-likeness (QED) is 0.782. The number of rotatable bonds is 6. The summed E-state index contributed by atoms with van der Waals surface area (Å²) in [6, 6.07) is 7.26. The van der Waals surface area contributed by atoms with Crippen molar-refractivity contribution in [3.8, 4) is 0 Å². The molecule has 0 unspecified atom stereocenters. The molecule has 0 radical (unpaired) electrons. The van der Waals surface area contributed by atoms with Crippen LogP contribution < -0.4 is 0 Å². The van der Waals surface area contributed by atoms with Gasteiger partial charge in [0, 0.05) is 0 Å². The summed E-state index contributed by atoms with van der Waals surface area (Å²) in [5, 5.41) is 9.33. The Balaban J connectivity index is 2.92. The van der Waals surface area contributed by atoms with Gasteiger partial charge in [-0.1, -0.05) is 24.3 Å². The molecule has 0 bridgehead atoms. The minimum absolute atomic E-state index is 0.0418. The van der Waals surface area contributed by atoms with Crippen LogP contribution in [0.2, 0.25) is 0 Å². The Hall–Kier alpha value is -0.710. The maximum atomic E-state index is 12.9. The standard InChI is InChI=1S/C16H27O5P/c1-15(2,3)20-22(18,21-16(4,5)6)19-12-14-10-8-7-9-13(14)11-17/h7-10,17H,11-12H2,1-6H3. The van der Waals surface area contributed by atoms with E-state index in [-0.39, 0.29) is 13.2 Å². The Morgan fingerprint density at radius 1 is 0.955 bits per heavy atom. The summed E-state index contributed by atoms with van der Waals surface area (Å²) in [5.74, 6) is 0. The van der Waals surface area contributed by atoms with Gasteiger partial charge in [-0.2, -0.15) is 0 Å². The molecule has 0 spiro atoms. The van der Waals surface area contributed by atoms with Crippen LogP contribution in [0, 0.1) is 0 Å². The summed E-state index contributed by atoms with van der Waals surface area (Å²) in [7, 11) is -3.74. The van der Waals surface area contributed by atoms with Gasteiger partial charge in [0.25, 0.3) is 0 Å². The molecule has 1 aromatic rings. The molecule has 1 N–H and O–H groups in total. The van der Waals surface area contributed by atoms with Gasteiger partial charge in [-0.15, -0.1) is 0 Å². The number of phosphoric acid groups is 1. The molecule has 0 atom stereocenters. The molecule has 0 amide bonds. The monoisotopic (exact) mass is 330 g/mol. The summed E-state index contributed by atoms with van der Waals surface area (Å²) in [5.41, 5.74) is 0.134. The molecular formula is C16H27O5P. The molecule has 0 fully saturated rings. The zero-order chi connectivity index (χ0) is 17.0. The molecule has 0 heterocycles. The molecule has 0 aromatic heterocycles. The van der Waals surface area contributed by atoms with Crippen molar-refractivity contribution in [1.29, 1.82) is 0 Å². The minimum atomic E-state index is -3.74. The lowest BCUT2D eigenvalue weighted by atomic mass is 10.1. The second-order valence-corrected chi connectivity index (χ2v) is 8.57. The van der Waals surface area contributed by atoms with Crippen LogP contribution in [0.5, 0.6) is 0 Å². The van der Waals surface area contributed by atoms with Crippen LogP contribution in [-0.2, 0) is 31.4 Å². The zero-order valence-corrected chi connectivity index (χ0v) is 15.1. The zero-order valence-electron chi connectivity index (χ0n) is 14.3. The van der Waals surface area contributed by atoms with Crippen LogP contribution in [0.25, 0.3) is 0 Å². The van der Waals surface area contributed by atoms with Crippen molar-refractivity contribution in [2.75, 3.05) is 0 Å². The third-order valence-corrected chi connectivity index (χ3v) is 4.43. The Morgan fingerprint density at radius 2 is 1.41 bits per heavy atom. The van der Waals surface area contributed by atoms with E-state index >= 15 is 0 Å². The highest BCUT2D eigenvalue weighted by atomic mass is 31.2. The highest BCUT2D eigenvalue weighted by Crippen LogP contribution is 2.55. The minimum Gasteiger partial charge on any atom is -0.392 e. The van der Waals surface area contributed by atoms with Gasteiger partial charge in [-0.25, -0.2) is 4.57 Å². The van der Waals surface area contributed by atoms with Crippen LogP contribution >= 0.6 is 7.82 Å². The molecule has 0 saturated heterocycles. The fourth-order valence-electron chi connectivity index (χ4n) is 1.74. The summed E-state index contributed by atoms with van der Waals surface area (Å²) in [6.45, 7) is 10.7. The van der Waals surface area contributed by atoms with Gasteiger partial charge >= 0.3 is 7.82 Å². The van der Waals surface area contributed by atoms with Gasteiger partial charge in [-0.05, 0) is 52.7 Å². The Kier molecular flexibility index (Phi) is 6.36. The lowest BCUT2D eigenvalue weighted by molar-refractivity contribution is 0.000700. The van der Waals surface area contributed by atoms with Crippen molar-refractivity contribution in [2.24, 2.45) is 0 Å². The van der Waals surface area contributed by atoms with Crippen LogP contribution in [0.4, 0.5) is 0 Å². The molecule has 1 aromatic carbocycles. The first-order valence-corrected chi connectivity index (χ1v) is 8.74. The maximum Gasteiger partial charge on any atom is 0.476 e. The smallest absolute Gasteiger partial charge is 0.392 e. The molecule has 0 saturated carbocycles. The van der Waals surface area contributed by atoms with Crippen molar-refractivity contribution in [1.82, 2.24) is 0 Å². The van der Waals surface area contributed by atoms with E-state index < -0.39 is 19.0 Å². The summed E-state index contributed by atoms with van der Waals surface area (Å²) >= 11 is 0. The van der Waals surface area contributed by atoms with Gasteiger partial charge in [0.05, 0.1) is 24.4 Å². The largest absolute Gasteiger partial charge is 0.476 e. The SMILES string of the molecule is CC(C)(C)OP(=O)(OCc1ccccc1CO)OC(C)(C)C. The highest BCUT2D eigenvalue weighted by molar-refractivity contribution is 7.48. The number of aliphatic hydroxyl groups is 1. The van der Waals surface area contributed by atoms with Gasteiger partial charge < -0.3 is 5.11 Å². The average Bonchev–Trinajstić information content (AvgIpc) is 2.32. The summed E-state index contributed by atoms with van der Waals surface area (Å²) in [6.07, 6.45) is 0. The molecular weight excluding hydrogens is 303 g/mol. The third kappa shape index (κ3) is 7.03.